The predicted molar refractivity (Wildman–Crippen MR) is 118 cm³/mol. The second-order valence-corrected chi connectivity index (χ2v) is 7.94. The number of fused-ring (bicyclic) bond motifs is 1. The molecule has 1 aliphatic rings. The lowest BCUT2D eigenvalue weighted by Gasteiger charge is -2.18. The number of aromatic nitrogens is 4. The van der Waals surface area contributed by atoms with E-state index in [1.54, 1.807) is 12.4 Å². The van der Waals surface area contributed by atoms with Crippen LogP contribution in [0.3, 0.4) is 0 Å². The van der Waals surface area contributed by atoms with Gasteiger partial charge in [0.25, 0.3) is 0 Å². The fraction of sp³-hybridized carbons (Fsp3) is 0.429. The molecule has 0 bridgehead atoms. The van der Waals surface area contributed by atoms with Crippen LogP contribution in [0.15, 0.2) is 36.7 Å². The third-order valence-electron chi connectivity index (χ3n) is 5.05. The SMILES string of the molecule is CC(C)CCNc1ncc2cnc(Nc3ccc(N4CCC(N)C4)cc3)nc2n1. The molecule has 1 aliphatic heterocycles. The molecular formula is C21H28N8. The summed E-state index contributed by atoms with van der Waals surface area (Å²) in [5, 5.41) is 7.32. The summed E-state index contributed by atoms with van der Waals surface area (Å²) in [5.41, 5.74) is 8.74. The molecule has 1 atom stereocenters. The van der Waals surface area contributed by atoms with Crippen LogP contribution in [0.1, 0.15) is 26.7 Å². The van der Waals surface area contributed by atoms with E-state index in [-0.39, 0.29) is 6.04 Å². The van der Waals surface area contributed by atoms with Crippen LogP contribution in [0.25, 0.3) is 11.0 Å². The quantitative estimate of drug-likeness (QED) is 0.563. The van der Waals surface area contributed by atoms with Crippen LogP contribution in [-0.2, 0) is 0 Å². The van der Waals surface area contributed by atoms with Crippen LogP contribution >= 0.6 is 0 Å². The monoisotopic (exact) mass is 392 g/mol. The number of benzene rings is 1. The number of nitrogens with zero attached hydrogens (tertiary/aromatic N) is 5. The molecule has 1 unspecified atom stereocenters. The molecule has 2 aromatic heterocycles. The minimum Gasteiger partial charge on any atom is -0.370 e. The standard InChI is InChI=1S/C21H28N8/c1-14(2)7-9-23-20-24-11-15-12-25-21(28-19(15)27-20)26-17-3-5-18(6-4-17)29-10-8-16(22)13-29/h3-6,11-12,14,16H,7-10,13,22H2,1-2H3,(H2,23,24,25,26,27,28). The van der Waals surface area contributed by atoms with Gasteiger partial charge in [0.2, 0.25) is 11.9 Å². The van der Waals surface area contributed by atoms with E-state index >= 15 is 0 Å². The minimum atomic E-state index is 0.269. The van der Waals surface area contributed by atoms with Gasteiger partial charge in [0, 0.05) is 49.4 Å². The summed E-state index contributed by atoms with van der Waals surface area (Å²) in [6.07, 6.45) is 5.60. The van der Waals surface area contributed by atoms with Crippen molar-refractivity contribution < 1.29 is 0 Å². The number of nitrogens with one attached hydrogen (secondary N) is 2. The first-order chi connectivity index (χ1) is 14.1. The number of nitrogens with two attached hydrogens (primary N) is 1. The number of rotatable bonds is 7. The molecule has 3 heterocycles. The predicted octanol–water partition coefficient (Wildman–Crippen LogP) is 3.16. The third kappa shape index (κ3) is 4.89. The normalized spacial score (nSPS) is 16.6. The van der Waals surface area contributed by atoms with Crippen molar-refractivity contribution in [3.05, 3.63) is 36.7 Å². The molecule has 4 N–H and O–H groups in total. The van der Waals surface area contributed by atoms with Gasteiger partial charge in [-0.05, 0) is 43.0 Å². The summed E-state index contributed by atoms with van der Waals surface area (Å²) < 4.78 is 0. The first-order valence-corrected chi connectivity index (χ1v) is 10.2. The molecule has 8 heteroatoms. The van der Waals surface area contributed by atoms with E-state index in [1.807, 2.05) is 12.1 Å². The van der Waals surface area contributed by atoms with Crippen molar-refractivity contribution >= 4 is 34.3 Å². The van der Waals surface area contributed by atoms with Crippen LogP contribution in [-0.4, -0.2) is 45.6 Å². The van der Waals surface area contributed by atoms with E-state index in [1.165, 1.54) is 5.69 Å². The highest BCUT2D eigenvalue weighted by Crippen LogP contribution is 2.23. The van der Waals surface area contributed by atoms with E-state index in [2.05, 4.69) is 61.4 Å². The molecule has 152 valence electrons. The summed E-state index contributed by atoms with van der Waals surface area (Å²) >= 11 is 0. The first-order valence-electron chi connectivity index (χ1n) is 10.2. The molecule has 0 saturated carbocycles. The largest absolute Gasteiger partial charge is 0.370 e. The van der Waals surface area contributed by atoms with E-state index in [0.29, 0.717) is 23.5 Å². The van der Waals surface area contributed by atoms with Gasteiger partial charge in [0.05, 0.1) is 5.39 Å². The van der Waals surface area contributed by atoms with E-state index in [0.717, 1.165) is 43.5 Å². The molecule has 0 amide bonds. The second kappa shape index (κ2) is 8.57. The van der Waals surface area contributed by atoms with Crippen molar-refractivity contribution in [3.63, 3.8) is 0 Å². The van der Waals surface area contributed by atoms with Crippen molar-refractivity contribution in [3.8, 4) is 0 Å². The molecule has 0 spiro atoms. The smallest absolute Gasteiger partial charge is 0.229 e. The van der Waals surface area contributed by atoms with Crippen LogP contribution in [0, 0.1) is 5.92 Å². The Bertz CT molecular complexity index is 957. The molecule has 1 aromatic carbocycles. The van der Waals surface area contributed by atoms with Crippen molar-refractivity contribution in [2.75, 3.05) is 35.2 Å². The first kappa shape index (κ1) is 19.3. The van der Waals surface area contributed by atoms with E-state index < -0.39 is 0 Å². The topological polar surface area (TPSA) is 105 Å². The zero-order valence-electron chi connectivity index (χ0n) is 17.0. The van der Waals surface area contributed by atoms with Gasteiger partial charge in [0.1, 0.15) is 0 Å². The fourth-order valence-electron chi connectivity index (χ4n) is 3.35. The maximum atomic E-state index is 6.01. The van der Waals surface area contributed by atoms with Crippen LogP contribution in [0.2, 0.25) is 0 Å². The van der Waals surface area contributed by atoms with Gasteiger partial charge in [-0.15, -0.1) is 0 Å². The highest BCUT2D eigenvalue weighted by molar-refractivity contribution is 5.75. The van der Waals surface area contributed by atoms with Gasteiger partial charge in [-0.25, -0.2) is 9.97 Å². The van der Waals surface area contributed by atoms with Crippen molar-refractivity contribution in [1.82, 2.24) is 19.9 Å². The average Bonchev–Trinajstić information content (AvgIpc) is 3.14. The number of anilines is 4. The summed E-state index contributed by atoms with van der Waals surface area (Å²) in [4.78, 5) is 20.1. The van der Waals surface area contributed by atoms with Gasteiger partial charge < -0.3 is 21.3 Å². The Morgan fingerprint density at radius 3 is 2.52 bits per heavy atom. The Balaban J connectivity index is 1.44. The molecule has 4 rings (SSSR count). The maximum absolute atomic E-state index is 6.01. The lowest BCUT2D eigenvalue weighted by Crippen LogP contribution is -2.26. The van der Waals surface area contributed by atoms with Gasteiger partial charge in [-0.2, -0.15) is 9.97 Å². The lowest BCUT2D eigenvalue weighted by atomic mass is 10.1. The molecule has 3 aromatic rings. The minimum absolute atomic E-state index is 0.269. The molecule has 29 heavy (non-hydrogen) atoms. The highest BCUT2D eigenvalue weighted by Gasteiger charge is 2.19. The van der Waals surface area contributed by atoms with Gasteiger partial charge in [0.15, 0.2) is 5.65 Å². The molecule has 0 radical (unpaired) electrons. The van der Waals surface area contributed by atoms with Gasteiger partial charge >= 0.3 is 0 Å². The Labute approximate surface area is 171 Å². The van der Waals surface area contributed by atoms with Gasteiger partial charge in [-0.1, -0.05) is 13.8 Å². The fourth-order valence-corrected chi connectivity index (χ4v) is 3.35. The highest BCUT2D eigenvalue weighted by atomic mass is 15.2. The summed E-state index contributed by atoms with van der Waals surface area (Å²) in [6, 6.07) is 8.53. The lowest BCUT2D eigenvalue weighted by molar-refractivity contribution is 0.606. The van der Waals surface area contributed by atoms with Crippen LogP contribution < -0.4 is 21.3 Å². The molecule has 1 saturated heterocycles. The number of hydrogen-bond acceptors (Lipinski definition) is 8. The summed E-state index contributed by atoms with van der Waals surface area (Å²) in [6.45, 7) is 7.15. The van der Waals surface area contributed by atoms with E-state index in [9.17, 15) is 0 Å². The average molecular weight is 393 g/mol. The zero-order chi connectivity index (χ0) is 20.2. The number of hydrogen-bond donors (Lipinski definition) is 3. The molecule has 0 aliphatic carbocycles. The molecular weight excluding hydrogens is 364 g/mol. The van der Waals surface area contributed by atoms with Crippen LogP contribution in [0.5, 0.6) is 0 Å². The molecule has 1 fully saturated rings. The van der Waals surface area contributed by atoms with E-state index in [4.69, 9.17) is 5.73 Å². The van der Waals surface area contributed by atoms with Crippen molar-refractivity contribution in [2.24, 2.45) is 11.7 Å². The molecule has 8 nitrogen and oxygen atoms in total. The Kier molecular flexibility index (Phi) is 5.71. The summed E-state index contributed by atoms with van der Waals surface area (Å²) in [7, 11) is 0. The zero-order valence-corrected chi connectivity index (χ0v) is 17.0. The Morgan fingerprint density at radius 1 is 1.10 bits per heavy atom. The van der Waals surface area contributed by atoms with Gasteiger partial charge in [-0.3, -0.25) is 0 Å². The van der Waals surface area contributed by atoms with Crippen molar-refractivity contribution in [2.45, 2.75) is 32.7 Å². The summed E-state index contributed by atoms with van der Waals surface area (Å²) in [5.74, 6) is 1.74. The Morgan fingerprint density at radius 2 is 1.83 bits per heavy atom. The Hall–Kier alpha value is -3.00. The third-order valence-corrected chi connectivity index (χ3v) is 5.05. The van der Waals surface area contributed by atoms with Crippen LogP contribution in [0.4, 0.5) is 23.3 Å². The van der Waals surface area contributed by atoms with Crippen molar-refractivity contribution in [1.29, 1.82) is 0 Å². The second-order valence-electron chi connectivity index (χ2n) is 7.94. The maximum Gasteiger partial charge on any atom is 0.229 e.